The van der Waals surface area contributed by atoms with E-state index in [2.05, 4.69) is 30.3 Å². The zero-order valence-electron chi connectivity index (χ0n) is 13.4. The lowest BCUT2D eigenvalue weighted by molar-refractivity contribution is -0.131. The van der Waals surface area contributed by atoms with Crippen LogP contribution < -0.4 is 0 Å². The summed E-state index contributed by atoms with van der Waals surface area (Å²) in [4.78, 5) is 14.7. The van der Waals surface area contributed by atoms with Gasteiger partial charge >= 0.3 is 0 Å². The van der Waals surface area contributed by atoms with E-state index in [1.54, 1.807) is 0 Å². The highest BCUT2D eigenvalue weighted by Gasteiger charge is 2.21. The molecule has 3 rings (SSSR count). The Labute approximate surface area is 133 Å². The molecule has 1 fully saturated rings. The van der Waals surface area contributed by atoms with Crippen LogP contribution in [0.1, 0.15) is 44.1 Å². The number of carbonyl (C=O) groups excluding carboxylic acids is 1. The molecule has 2 aromatic carbocycles. The molecule has 1 aliphatic carbocycles. The third kappa shape index (κ3) is 3.32. The summed E-state index contributed by atoms with van der Waals surface area (Å²) in [6.45, 7) is 0. The van der Waals surface area contributed by atoms with Gasteiger partial charge in [-0.1, -0.05) is 68.1 Å². The average Bonchev–Trinajstić information content (AvgIpc) is 2.83. The van der Waals surface area contributed by atoms with Crippen molar-refractivity contribution in [3.8, 4) is 0 Å². The molecule has 0 N–H and O–H groups in total. The fourth-order valence-electron chi connectivity index (χ4n) is 3.58. The summed E-state index contributed by atoms with van der Waals surface area (Å²) in [5.74, 6) is 0.253. The highest BCUT2D eigenvalue weighted by Crippen LogP contribution is 2.23. The molecule has 2 heteroatoms. The molecule has 2 aromatic rings. The van der Waals surface area contributed by atoms with Gasteiger partial charge in [-0.25, -0.2) is 0 Å². The number of amides is 1. The first-order valence-electron chi connectivity index (χ1n) is 8.48. The number of fused-ring (bicyclic) bond motifs is 1. The molecule has 1 amide bonds. The van der Waals surface area contributed by atoms with Crippen molar-refractivity contribution in [2.75, 3.05) is 7.05 Å². The van der Waals surface area contributed by atoms with Gasteiger partial charge in [0, 0.05) is 13.1 Å². The number of hydrogen-bond acceptors (Lipinski definition) is 1. The molecule has 0 unspecified atom stereocenters. The topological polar surface area (TPSA) is 20.3 Å². The van der Waals surface area contributed by atoms with Gasteiger partial charge in [0.25, 0.3) is 0 Å². The number of nitrogens with zero attached hydrogens (tertiary/aromatic N) is 1. The van der Waals surface area contributed by atoms with Crippen LogP contribution in [-0.2, 0) is 11.2 Å². The summed E-state index contributed by atoms with van der Waals surface area (Å²) < 4.78 is 0. The van der Waals surface area contributed by atoms with Gasteiger partial charge in [-0.05, 0) is 29.2 Å². The van der Waals surface area contributed by atoms with Crippen molar-refractivity contribution in [2.45, 2.75) is 51.0 Å². The van der Waals surface area contributed by atoms with Gasteiger partial charge in [0.1, 0.15) is 0 Å². The van der Waals surface area contributed by atoms with Crippen molar-refractivity contribution in [2.24, 2.45) is 0 Å². The Morgan fingerprint density at radius 1 is 1.00 bits per heavy atom. The molecule has 0 heterocycles. The summed E-state index contributed by atoms with van der Waals surface area (Å²) in [5.41, 5.74) is 1.14. The van der Waals surface area contributed by atoms with E-state index in [-0.39, 0.29) is 5.91 Å². The molecular formula is C20H25NO. The van der Waals surface area contributed by atoms with Crippen molar-refractivity contribution in [3.63, 3.8) is 0 Å². The Bertz CT molecular complexity index is 636. The lowest BCUT2D eigenvalue weighted by Gasteiger charge is -2.27. The summed E-state index contributed by atoms with van der Waals surface area (Å²) in [5, 5.41) is 2.41. The maximum atomic E-state index is 12.7. The third-order valence-electron chi connectivity index (χ3n) is 4.99. The van der Waals surface area contributed by atoms with Crippen molar-refractivity contribution in [1.29, 1.82) is 0 Å². The van der Waals surface area contributed by atoms with Crippen molar-refractivity contribution in [3.05, 3.63) is 48.0 Å². The Morgan fingerprint density at radius 3 is 2.45 bits per heavy atom. The van der Waals surface area contributed by atoms with Gasteiger partial charge < -0.3 is 4.90 Å². The van der Waals surface area contributed by atoms with Crippen LogP contribution >= 0.6 is 0 Å². The van der Waals surface area contributed by atoms with E-state index in [1.165, 1.54) is 36.5 Å². The van der Waals surface area contributed by atoms with Crippen LogP contribution in [0.2, 0.25) is 0 Å². The third-order valence-corrected chi connectivity index (χ3v) is 4.99. The fourth-order valence-corrected chi connectivity index (χ4v) is 3.58. The standard InChI is InChI=1S/C20H25NO/c1-21(18-12-4-2-3-5-13-18)20(22)15-17-11-8-10-16-9-6-7-14-19(16)17/h6-11,14,18H,2-5,12-13,15H2,1H3. The predicted octanol–water partition coefficient (Wildman–Crippen LogP) is 4.56. The van der Waals surface area contributed by atoms with Gasteiger partial charge in [0.05, 0.1) is 6.42 Å². The summed E-state index contributed by atoms with van der Waals surface area (Å²) in [6, 6.07) is 15.0. The smallest absolute Gasteiger partial charge is 0.227 e. The molecule has 2 nitrogen and oxygen atoms in total. The van der Waals surface area contributed by atoms with Crippen molar-refractivity contribution in [1.82, 2.24) is 4.90 Å². The summed E-state index contributed by atoms with van der Waals surface area (Å²) >= 11 is 0. The van der Waals surface area contributed by atoms with Gasteiger partial charge in [-0.3, -0.25) is 4.79 Å². The van der Waals surface area contributed by atoms with Crippen LogP contribution in [0.4, 0.5) is 0 Å². The SMILES string of the molecule is CN(C(=O)Cc1cccc2ccccc12)C1CCCCCC1. The van der Waals surface area contributed by atoms with E-state index in [0.29, 0.717) is 12.5 Å². The lowest BCUT2D eigenvalue weighted by atomic mass is 10.0. The van der Waals surface area contributed by atoms with Gasteiger partial charge in [0.2, 0.25) is 5.91 Å². The maximum Gasteiger partial charge on any atom is 0.227 e. The van der Waals surface area contributed by atoms with Crippen LogP contribution in [0.25, 0.3) is 10.8 Å². The molecule has 0 spiro atoms. The normalized spacial score (nSPS) is 16.4. The second kappa shape index (κ2) is 6.95. The van der Waals surface area contributed by atoms with Crippen LogP contribution in [0.5, 0.6) is 0 Å². The largest absolute Gasteiger partial charge is 0.342 e. The highest BCUT2D eigenvalue weighted by molar-refractivity contribution is 5.90. The second-order valence-electron chi connectivity index (χ2n) is 6.47. The van der Waals surface area contributed by atoms with E-state index >= 15 is 0 Å². The molecular weight excluding hydrogens is 270 g/mol. The quantitative estimate of drug-likeness (QED) is 0.760. The van der Waals surface area contributed by atoms with Crippen LogP contribution in [0.3, 0.4) is 0 Å². The van der Waals surface area contributed by atoms with E-state index in [9.17, 15) is 4.79 Å². The number of rotatable bonds is 3. The molecule has 1 aliphatic rings. The highest BCUT2D eigenvalue weighted by atomic mass is 16.2. The van der Waals surface area contributed by atoms with E-state index in [4.69, 9.17) is 0 Å². The number of likely N-dealkylation sites (N-methyl/N-ethyl adjacent to an activating group) is 1. The number of hydrogen-bond donors (Lipinski definition) is 0. The van der Waals surface area contributed by atoms with Gasteiger partial charge in [-0.15, -0.1) is 0 Å². The first-order valence-corrected chi connectivity index (χ1v) is 8.48. The molecule has 0 aliphatic heterocycles. The minimum atomic E-state index is 0.253. The second-order valence-corrected chi connectivity index (χ2v) is 6.47. The Balaban J connectivity index is 1.75. The van der Waals surface area contributed by atoms with Crippen LogP contribution in [0.15, 0.2) is 42.5 Å². The zero-order chi connectivity index (χ0) is 15.4. The number of benzene rings is 2. The van der Waals surface area contributed by atoms with E-state index < -0.39 is 0 Å². The minimum Gasteiger partial charge on any atom is -0.342 e. The molecule has 0 radical (unpaired) electrons. The van der Waals surface area contributed by atoms with E-state index in [1.807, 2.05) is 24.1 Å². The molecule has 0 atom stereocenters. The fraction of sp³-hybridized carbons (Fsp3) is 0.450. The van der Waals surface area contributed by atoms with Crippen molar-refractivity contribution >= 4 is 16.7 Å². The molecule has 22 heavy (non-hydrogen) atoms. The first-order chi connectivity index (χ1) is 10.8. The maximum absolute atomic E-state index is 12.7. The Hall–Kier alpha value is -1.83. The minimum absolute atomic E-state index is 0.253. The molecule has 0 bridgehead atoms. The predicted molar refractivity (Wildman–Crippen MR) is 91.9 cm³/mol. The van der Waals surface area contributed by atoms with Crippen LogP contribution in [0, 0.1) is 0 Å². The van der Waals surface area contributed by atoms with Gasteiger partial charge in [-0.2, -0.15) is 0 Å². The molecule has 0 aromatic heterocycles. The molecule has 0 saturated heterocycles. The molecule has 116 valence electrons. The summed E-state index contributed by atoms with van der Waals surface area (Å²) in [6.07, 6.45) is 8.00. The number of carbonyl (C=O) groups is 1. The van der Waals surface area contributed by atoms with E-state index in [0.717, 1.165) is 18.4 Å². The average molecular weight is 295 g/mol. The van der Waals surface area contributed by atoms with Crippen molar-refractivity contribution < 1.29 is 4.79 Å². The molecule has 1 saturated carbocycles. The monoisotopic (exact) mass is 295 g/mol. The Kier molecular flexibility index (Phi) is 4.77. The Morgan fingerprint density at radius 2 is 1.68 bits per heavy atom. The van der Waals surface area contributed by atoms with Gasteiger partial charge in [0.15, 0.2) is 0 Å². The first kappa shape index (κ1) is 15.1. The zero-order valence-corrected chi connectivity index (χ0v) is 13.4. The lowest BCUT2D eigenvalue weighted by Crippen LogP contribution is -2.37. The summed E-state index contributed by atoms with van der Waals surface area (Å²) in [7, 11) is 1.99. The van der Waals surface area contributed by atoms with Crippen LogP contribution in [-0.4, -0.2) is 23.9 Å².